The normalized spacial score (nSPS) is 14.1. The van der Waals surface area contributed by atoms with Crippen LogP contribution in [0.25, 0.3) is 0 Å². The van der Waals surface area contributed by atoms with Gasteiger partial charge in [-0.2, -0.15) is 0 Å². The molecule has 2 N–H and O–H groups in total. The van der Waals surface area contributed by atoms with Crippen molar-refractivity contribution in [2.24, 2.45) is 4.99 Å². The molecule has 0 fully saturated rings. The second-order valence-corrected chi connectivity index (χ2v) is 7.19. The third-order valence-electron chi connectivity index (χ3n) is 4.54. The number of nitrogens with zero attached hydrogens (tertiary/aromatic N) is 1. The minimum absolute atomic E-state index is 0.126. The number of ether oxygens (including phenoxy) is 2. The van der Waals surface area contributed by atoms with Gasteiger partial charge in [-0.1, -0.05) is 19.9 Å². The summed E-state index contributed by atoms with van der Waals surface area (Å²) in [6.07, 6.45) is 2.52. The Morgan fingerprint density at radius 2 is 1.93 bits per heavy atom. The number of fused-ring (bicyclic) bond motifs is 1. The molecule has 1 aliphatic heterocycles. The number of nitrogens with one attached hydrogen (secondary N) is 2. The van der Waals surface area contributed by atoms with E-state index in [1.807, 2.05) is 18.2 Å². The molecule has 0 radical (unpaired) electrons. The van der Waals surface area contributed by atoms with E-state index in [1.54, 1.807) is 6.26 Å². The second kappa shape index (κ2) is 8.84. The molecule has 2 aromatic rings. The fourth-order valence-electron chi connectivity index (χ4n) is 2.93. The van der Waals surface area contributed by atoms with Gasteiger partial charge in [0, 0.05) is 24.9 Å². The molecule has 0 unspecified atom stereocenters. The maximum atomic E-state index is 5.72. The van der Waals surface area contributed by atoms with Crippen LogP contribution >= 0.6 is 0 Å². The van der Waals surface area contributed by atoms with E-state index in [1.165, 1.54) is 5.56 Å². The van der Waals surface area contributed by atoms with Crippen molar-refractivity contribution in [3.63, 3.8) is 0 Å². The molecule has 0 aliphatic carbocycles. The van der Waals surface area contributed by atoms with E-state index < -0.39 is 0 Å². The Morgan fingerprint density at radius 3 is 2.67 bits per heavy atom. The highest BCUT2D eigenvalue weighted by Crippen LogP contribution is 2.35. The van der Waals surface area contributed by atoms with E-state index >= 15 is 0 Å². The smallest absolute Gasteiger partial charge is 0.191 e. The van der Waals surface area contributed by atoms with Crippen LogP contribution in [0, 0.1) is 0 Å². The van der Waals surface area contributed by atoms with Crippen LogP contribution < -0.4 is 20.1 Å². The number of guanidine groups is 1. The van der Waals surface area contributed by atoms with Gasteiger partial charge in [0.15, 0.2) is 17.5 Å². The van der Waals surface area contributed by atoms with E-state index in [4.69, 9.17) is 18.9 Å². The number of furan rings is 1. The van der Waals surface area contributed by atoms with Crippen molar-refractivity contribution in [2.75, 3.05) is 32.8 Å². The minimum Gasteiger partial charge on any atom is -0.486 e. The van der Waals surface area contributed by atoms with Crippen molar-refractivity contribution in [1.82, 2.24) is 10.6 Å². The molecule has 0 bridgehead atoms. The highest BCUT2D eigenvalue weighted by Gasteiger charge is 2.23. The molecule has 146 valence electrons. The van der Waals surface area contributed by atoms with Gasteiger partial charge in [0.05, 0.1) is 12.8 Å². The zero-order valence-electron chi connectivity index (χ0n) is 16.4. The lowest BCUT2D eigenvalue weighted by Gasteiger charge is -2.26. The van der Waals surface area contributed by atoms with Gasteiger partial charge in [-0.25, -0.2) is 0 Å². The zero-order chi connectivity index (χ0) is 19.1. The summed E-state index contributed by atoms with van der Waals surface area (Å²) in [5, 5.41) is 6.67. The molecule has 2 heterocycles. The summed E-state index contributed by atoms with van der Waals surface area (Å²) in [6.45, 7) is 9.89. The van der Waals surface area contributed by atoms with E-state index in [0.717, 1.165) is 42.7 Å². The zero-order valence-corrected chi connectivity index (χ0v) is 16.4. The van der Waals surface area contributed by atoms with Crippen molar-refractivity contribution < 1.29 is 13.9 Å². The van der Waals surface area contributed by atoms with Gasteiger partial charge in [0.25, 0.3) is 0 Å². The molecule has 6 heteroatoms. The van der Waals surface area contributed by atoms with Gasteiger partial charge in [0.1, 0.15) is 19.0 Å². The molecule has 0 atom stereocenters. The highest BCUT2D eigenvalue weighted by molar-refractivity contribution is 5.79. The Kier molecular flexibility index (Phi) is 6.27. The van der Waals surface area contributed by atoms with Gasteiger partial charge >= 0.3 is 0 Å². The molecule has 27 heavy (non-hydrogen) atoms. The van der Waals surface area contributed by atoms with Crippen LogP contribution in [-0.4, -0.2) is 38.8 Å². The predicted octanol–water partition coefficient (Wildman–Crippen LogP) is 3.13. The lowest BCUT2D eigenvalue weighted by Crippen LogP contribution is -2.39. The van der Waals surface area contributed by atoms with E-state index in [9.17, 15) is 0 Å². The average molecular weight is 371 g/mol. The molecule has 1 aromatic carbocycles. The quantitative estimate of drug-likeness (QED) is 0.578. The Morgan fingerprint density at radius 1 is 1.11 bits per heavy atom. The number of hydrogen-bond donors (Lipinski definition) is 2. The summed E-state index contributed by atoms with van der Waals surface area (Å²) in [7, 11) is 0. The van der Waals surface area contributed by atoms with Crippen LogP contribution in [0.1, 0.15) is 32.1 Å². The van der Waals surface area contributed by atoms with Crippen LogP contribution in [-0.2, 0) is 11.8 Å². The van der Waals surface area contributed by atoms with Crippen LogP contribution in [0.4, 0.5) is 0 Å². The first kappa shape index (κ1) is 19.1. The Balaban J connectivity index is 1.62. The van der Waals surface area contributed by atoms with E-state index in [0.29, 0.717) is 19.8 Å². The summed E-state index contributed by atoms with van der Waals surface area (Å²) in [6, 6.07) is 10.0. The Hall–Kier alpha value is -2.63. The van der Waals surface area contributed by atoms with Crippen molar-refractivity contribution in [3.05, 3.63) is 47.9 Å². The first-order chi connectivity index (χ1) is 13.1. The van der Waals surface area contributed by atoms with Gasteiger partial charge in [0.2, 0.25) is 0 Å². The molecule has 6 nitrogen and oxygen atoms in total. The molecule has 1 aliphatic rings. The minimum atomic E-state index is -0.126. The topological polar surface area (TPSA) is 68.0 Å². The Bertz CT molecular complexity index is 754. The molecule has 0 saturated heterocycles. The maximum Gasteiger partial charge on any atom is 0.191 e. The number of rotatable bonds is 7. The Labute approximate surface area is 161 Å². The lowest BCUT2D eigenvalue weighted by atomic mass is 9.84. The van der Waals surface area contributed by atoms with Gasteiger partial charge in [-0.3, -0.25) is 4.99 Å². The van der Waals surface area contributed by atoms with E-state index in [-0.39, 0.29) is 5.41 Å². The van der Waals surface area contributed by atoms with Crippen molar-refractivity contribution in [3.8, 4) is 11.5 Å². The monoisotopic (exact) mass is 371 g/mol. The van der Waals surface area contributed by atoms with Crippen LogP contribution in [0.2, 0.25) is 0 Å². The first-order valence-electron chi connectivity index (χ1n) is 9.53. The number of hydrogen-bond acceptors (Lipinski definition) is 4. The summed E-state index contributed by atoms with van der Waals surface area (Å²) >= 11 is 0. The SMILES string of the molecule is CCNC(=NCC(C)(C)c1ccc2c(c1)OCCO2)NCCc1ccco1. The van der Waals surface area contributed by atoms with Crippen LogP contribution in [0.3, 0.4) is 0 Å². The first-order valence-corrected chi connectivity index (χ1v) is 9.53. The molecular weight excluding hydrogens is 342 g/mol. The largest absolute Gasteiger partial charge is 0.486 e. The van der Waals surface area contributed by atoms with Gasteiger partial charge in [-0.05, 0) is 36.8 Å². The number of aliphatic imine (C=N–C) groups is 1. The summed E-state index contributed by atoms with van der Waals surface area (Å²) < 4.78 is 16.7. The fraction of sp³-hybridized carbons (Fsp3) is 0.476. The molecular formula is C21H29N3O3. The van der Waals surface area contributed by atoms with Crippen LogP contribution in [0.15, 0.2) is 46.0 Å². The molecule has 0 saturated carbocycles. The van der Waals surface area contributed by atoms with Crippen molar-refractivity contribution >= 4 is 5.96 Å². The summed E-state index contributed by atoms with van der Waals surface area (Å²) in [5.74, 6) is 3.42. The van der Waals surface area contributed by atoms with Crippen LogP contribution in [0.5, 0.6) is 11.5 Å². The van der Waals surface area contributed by atoms with Crippen molar-refractivity contribution in [2.45, 2.75) is 32.6 Å². The number of benzene rings is 1. The maximum absolute atomic E-state index is 5.72. The predicted molar refractivity (Wildman–Crippen MR) is 107 cm³/mol. The van der Waals surface area contributed by atoms with E-state index in [2.05, 4.69) is 43.5 Å². The second-order valence-electron chi connectivity index (χ2n) is 7.19. The lowest BCUT2D eigenvalue weighted by molar-refractivity contribution is 0.171. The third kappa shape index (κ3) is 5.18. The van der Waals surface area contributed by atoms with Crippen molar-refractivity contribution in [1.29, 1.82) is 0 Å². The molecule has 0 amide bonds. The molecule has 1 aromatic heterocycles. The summed E-state index contributed by atoms with van der Waals surface area (Å²) in [5.41, 5.74) is 1.06. The van der Waals surface area contributed by atoms with Gasteiger partial charge in [-0.15, -0.1) is 0 Å². The average Bonchev–Trinajstić information content (AvgIpc) is 3.19. The fourth-order valence-corrected chi connectivity index (χ4v) is 2.93. The molecule has 0 spiro atoms. The summed E-state index contributed by atoms with van der Waals surface area (Å²) in [4.78, 5) is 4.78. The molecule has 3 rings (SSSR count). The van der Waals surface area contributed by atoms with Gasteiger partial charge < -0.3 is 24.5 Å². The third-order valence-corrected chi connectivity index (χ3v) is 4.54. The standard InChI is InChI=1S/C21H29N3O3/c1-4-22-20(23-10-9-17-6-5-11-25-17)24-15-21(2,3)16-7-8-18-19(14-16)27-13-12-26-18/h5-8,11,14H,4,9-10,12-13,15H2,1-3H3,(H2,22,23,24). The highest BCUT2D eigenvalue weighted by atomic mass is 16.6.